The van der Waals surface area contributed by atoms with Gasteiger partial charge < -0.3 is 10.6 Å². The fraction of sp³-hybridized carbons (Fsp3) is 0.923. The minimum absolute atomic E-state index is 0.288. The highest BCUT2D eigenvalue weighted by Gasteiger charge is 2.30. The Hall–Kier alpha value is -0.810. The highest BCUT2D eigenvalue weighted by Crippen LogP contribution is 2.18. The Morgan fingerprint density at radius 3 is 2.83 bits per heavy atom. The van der Waals surface area contributed by atoms with Crippen LogP contribution >= 0.6 is 0 Å². The van der Waals surface area contributed by atoms with Crippen molar-refractivity contribution in [2.24, 2.45) is 4.99 Å². The van der Waals surface area contributed by atoms with E-state index in [0.717, 1.165) is 45.2 Å². The summed E-state index contributed by atoms with van der Waals surface area (Å²) in [4.78, 5) is 9.39. The van der Waals surface area contributed by atoms with E-state index < -0.39 is 0 Å². The van der Waals surface area contributed by atoms with Crippen LogP contribution in [0.5, 0.6) is 0 Å². The molecular weight excluding hydrogens is 226 g/mol. The summed E-state index contributed by atoms with van der Waals surface area (Å²) < 4.78 is 0. The molecule has 0 aromatic rings. The average molecular weight is 253 g/mol. The lowest BCUT2D eigenvalue weighted by atomic mass is 10.00. The Morgan fingerprint density at radius 2 is 2.22 bits per heavy atom. The zero-order chi connectivity index (χ0) is 13.2. The lowest BCUT2D eigenvalue weighted by Crippen LogP contribution is -2.58. The van der Waals surface area contributed by atoms with Crippen molar-refractivity contribution >= 4 is 5.96 Å². The van der Waals surface area contributed by atoms with E-state index in [0.29, 0.717) is 6.04 Å². The van der Waals surface area contributed by atoms with Gasteiger partial charge in [0.2, 0.25) is 0 Å². The summed E-state index contributed by atoms with van der Waals surface area (Å²) in [7, 11) is 2.22. The minimum Gasteiger partial charge on any atom is -0.355 e. The zero-order valence-corrected chi connectivity index (χ0v) is 12.2. The predicted octanol–water partition coefficient (Wildman–Crippen LogP) is -0.0503. The average Bonchev–Trinajstić information content (AvgIpc) is 2.69. The lowest BCUT2D eigenvalue weighted by Gasteiger charge is -2.45. The molecule has 2 aliphatic rings. The third kappa shape index (κ3) is 3.36. The molecule has 2 aliphatic heterocycles. The maximum atomic E-state index is 4.41. The second-order valence-corrected chi connectivity index (χ2v) is 6.17. The van der Waals surface area contributed by atoms with Crippen molar-refractivity contribution in [3.05, 3.63) is 0 Å². The van der Waals surface area contributed by atoms with Crippen molar-refractivity contribution < 1.29 is 0 Å². The summed E-state index contributed by atoms with van der Waals surface area (Å²) >= 11 is 0. The van der Waals surface area contributed by atoms with Crippen molar-refractivity contribution in [2.45, 2.75) is 32.4 Å². The van der Waals surface area contributed by atoms with Crippen molar-refractivity contribution in [1.82, 2.24) is 20.4 Å². The first kappa shape index (κ1) is 13.6. The molecule has 0 saturated carbocycles. The molecule has 0 spiro atoms. The van der Waals surface area contributed by atoms with Crippen LogP contribution in [0, 0.1) is 0 Å². The number of piperazine rings is 1. The van der Waals surface area contributed by atoms with Crippen LogP contribution in [0.3, 0.4) is 0 Å². The molecule has 1 unspecified atom stereocenters. The largest absolute Gasteiger partial charge is 0.355 e. The van der Waals surface area contributed by atoms with Gasteiger partial charge in [0, 0.05) is 44.3 Å². The topological polar surface area (TPSA) is 42.9 Å². The zero-order valence-electron chi connectivity index (χ0n) is 12.2. The molecular formula is C13H27N5. The summed E-state index contributed by atoms with van der Waals surface area (Å²) in [6.07, 6.45) is 0. The first-order chi connectivity index (χ1) is 8.47. The van der Waals surface area contributed by atoms with E-state index in [2.05, 4.69) is 53.2 Å². The highest BCUT2D eigenvalue weighted by molar-refractivity contribution is 5.81. The second kappa shape index (κ2) is 5.45. The van der Waals surface area contributed by atoms with Crippen LogP contribution in [0.1, 0.15) is 20.8 Å². The molecule has 2 rings (SSSR count). The van der Waals surface area contributed by atoms with Gasteiger partial charge in [-0.2, -0.15) is 0 Å². The van der Waals surface area contributed by atoms with Crippen molar-refractivity contribution in [2.75, 3.05) is 46.3 Å². The molecule has 1 fully saturated rings. The Morgan fingerprint density at radius 1 is 1.44 bits per heavy atom. The van der Waals surface area contributed by atoms with Gasteiger partial charge in [-0.05, 0) is 27.8 Å². The van der Waals surface area contributed by atoms with Crippen molar-refractivity contribution in [3.8, 4) is 0 Å². The van der Waals surface area contributed by atoms with Gasteiger partial charge in [0.05, 0.1) is 6.54 Å². The number of likely N-dealkylation sites (N-methyl/N-ethyl adjacent to an activating group) is 1. The summed E-state index contributed by atoms with van der Waals surface area (Å²) in [5, 5.41) is 6.71. The molecule has 5 heteroatoms. The van der Waals surface area contributed by atoms with Crippen LogP contribution in [-0.4, -0.2) is 73.7 Å². The van der Waals surface area contributed by atoms with Gasteiger partial charge in [0.15, 0.2) is 5.96 Å². The van der Waals surface area contributed by atoms with Gasteiger partial charge in [-0.3, -0.25) is 14.8 Å². The molecule has 0 aromatic carbocycles. The summed E-state index contributed by atoms with van der Waals surface area (Å²) in [5.41, 5.74) is 0.288. The van der Waals surface area contributed by atoms with Gasteiger partial charge in [-0.15, -0.1) is 0 Å². The van der Waals surface area contributed by atoms with Gasteiger partial charge in [0.25, 0.3) is 0 Å². The lowest BCUT2D eigenvalue weighted by molar-refractivity contribution is 0.0413. The Balaban J connectivity index is 1.68. The van der Waals surface area contributed by atoms with Gasteiger partial charge in [-0.25, -0.2) is 0 Å². The van der Waals surface area contributed by atoms with E-state index in [1.54, 1.807) is 0 Å². The summed E-state index contributed by atoms with van der Waals surface area (Å²) in [5.74, 6) is 0.968. The first-order valence-corrected chi connectivity index (χ1v) is 6.96. The molecule has 104 valence electrons. The standard InChI is InChI=1S/C13H27N5/c1-11-9-15-12(16-11)14-5-6-18-8-7-17(4)13(2,3)10-18/h11H,5-10H2,1-4H3,(H2,14,15,16). The van der Waals surface area contributed by atoms with Crippen LogP contribution in [0.4, 0.5) is 0 Å². The predicted molar refractivity (Wildman–Crippen MR) is 76.1 cm³/mol. The quantitative estimate of drug-likeness (QED) is 0.740. The number of guanidine groups is 1. The molecule has 1 atom stereocenters. The first-order valence-electron chi connectivity index (χ1n) is 6.96. The second-order valence-electron chi connectivity index (χ2n) is 6.17. The Kier molecular flexibility index (Phi) is 4.12. The minimum atomic E-state index is 0.288. The maximum Gasteiger partial charge on any atom is 0.191 e. The third-order valence-electron chi connectivity index (χ3n) is 4.02. The number of hydrogen-bond donors (Lipinski definition) is 2. The number of hydrogen-bond acceptors (Lipinski definition) is 5. The van der Waals surface area contributed by atoms with Crippen molar-refractivity contribution in [3.63, 3.8) is 0 Å². The fourth-order valence-corrected chi connectivity index (χ4v) is 2.52. The van der Waals surface area contributed by atoms with Gasteiger partial charge in [0.1, 0.15) is 0 Å². The Bertz CT molecular complexity index is 313. The highest BCUT2D eigenvalue weighted by atomic mass is 15.3. The van der Waals surface area contributed by atoms with Crippen LogP contribution in [0.2, 0.25) is 0 Å². The van der Waals surface area contributed by atoms with Crippen LogP contribution in [-0.2, 0) is 0 Å². The van der Waals surface area contributed by atoms with E-state index in [1.807, 2.05) is 0 Å². The fourth-order valence-electron chi connectivity index (χ4n) is 2.52. The normalized spacial score (nSPS) is 28.9. The van der Waals surface area contributed by atoms with E-state index in [9.17, 15) is 0 Å². The third-order valence-corrected chi connectivity index (χ3v) is 4.02. The monoisotopic (exact) mass is 253 g/mol. The number of nitrogens with one attached hydrogen (secondary N) is 2. The molecule has 1 saturated heterocycles. The molecule has 0 aromatic heterocycles. The SMILES string of the molecule is CC1CN=C(NCCN2CCN(C)C(C)(C)C2)N1. The van der Waals surface area contributed by atoms with E-state index in [4.69, 9.17) is 0 Å². The van der Waals surface area contributed by atoms with Gasteiger partial charge >= 0.3 is 0 Å². The van der Waals surface area contributed by atoms with Crippen molar-refractivity contribution in [1.29, 1.82) is 0 Å². The number of aliphatic imine (C=N–C) groups is 1. The van der Waals surface area contributed by atoms with E-state index >= 15 is 0 Å². The smallest absolute Gasteiger partial charge is 0.191 e. The molecule has 0 aliphatic carbocycles. The summed E-state index contributed by atoms with van der Waals surface area (Å²) in [6, 6.07) is 0.482. The number of nitrogens with zero attached hydrogens (tertiary/aromatic N) is 3. The molecule has 2 N–H and O–H groups in total. The number of rotatable bonds is 3. The Labute approximate surface area is 111 Å². The van der Waals surface area contributed by atoms with E-state index in [1.165, 1.54) is 0 Å². The molecule has 0 radical (unpaired) electrons. The molecule has 18 heavy (non-hydrogen) atoms. The molecule has 0 amide bonds. The molecule has 0 bridgehead atoms. The van der Waals surface area contributed by atoms with Gasteiger partial charge in [-0.1, -0.05) is 0 Å². The molecule has 5 nitrogen and oxygen atoms in total. The van der Waals surface area contributed by atoms with Crippen LogP contribution in [0.15, 0.2) is 4.99 Å². The molecule has 2 heterocycles. The maximum absolute atomic E-state index is 4.41. The summed E-state index contributed by atoms with van der Waals surface area (Å²) in [6.45, 7) is 13.2. The van der Waals surface area contributed by atoms with E-state index in [-0.39, 0.29) is 5.54 Å². The van der Waals surface area contributed by atoms with Crippen LogP contribution in [0.25, 0.3) is 0 Å². The van der Waals surface area contributed by atoms with Crippen LogP contribution < -0.4 is 10.6 Å².